The summed E-state index contributed by atoms with van der Waals surface area (Å²) >= 11 is 0. The molecule has 1 aliphatic rings. The minimum atomic E-state index is -1.15. The summed E-state index contributed by atoms with van der Waals surface area (Å²) in [4.78, 5) is 10.8. The second-order valence-electron chi connectivity index (χ2n) is 3.77. The van der Waals surface area contributed by atoms with Crippen molar-refractivity contribution in [3.8, 4) is 5.75 Å². The Bertz CT molecular complexity index is 416. The molecule has 1 unspecified atom stereocenters. The summed E-state index contributed by atoms with van der Waals surface area (Å²) in [5, 5.41) is 8.86. The molecule has 3 nitrogen and oxygen atoms in total. The zero-order valence-electron chi connectivity index (χ0n) is 8.32. The molecule has 0 spiro atoms. The van der Waals surface area contributed by atoms with Crippen LogP contribution in [0.5, 0.6) is 5.75 Å². The summed E-state index contributed by atoms with van der Waals surface area (Å²) in [7, 11) is 0. The molecule has 86 valence electrons. The number of aliphatic carboxylic acids is 1. The highest BCUT2D eigenvalue weighted by atomic mass is 19.2. The van der Waals surface area contributed by atoms with Crippen LogP contribution in [0.1, 0.15) is 12.8 Å². The van der Waals surface area contributed by atoms with E-state index in [1.165, 1.54) is 12.1 Å². The number of carboxylic acid groups (broad SMARTS) is 1. The molecule has 0 heterocycles. The van der Waals surface area contributed by atoms with Gasteiger partial charge in [0.1, 0.15) is 0 Å². The molecule has 1 aromatic carbocycles. The van der Waals surface area contributed by atoms with Crippen LogP contribution in [-0.4, -0.2) is 17.2 Å². The third-order valence-electron chi connectivity index (χ3n) is 2.46. The van der Waals surface area contributed by atoms with E-state index in [1.54, 1.807) is 0 Å². The Morgan fingerprint density at radius 3 is 2.69 bits per heavy atom. The van der Waals surface area contributed by atoms with E-state index in [4.69, 9.17) is 9.84 Å². The van der Waals surface area contributed by atoms with Crippen LogP contribution in [0.15, 0.2) is 18.2 Å². The fourth-order valence-corrected chi connectivity index (χ4v) is 1.46. The summed E-state index contributed by atoms with van der Waals surface area (Å²) in [6, 6.07) is 3.45. The summed E-state index contributed by atoms with van der Waals surface area (Å²) < 4.78 is 31.1. The van der Waals surface area contributed by atoms with Gasteiger partial charge in [-0.25, -0.2) is 9.18 Å². The molecule has 5 heteroatoms. The minimum Gasteiger partial charge on any atom is -0.478 e. The van der Waals surface area contributed by atoms with E-state index < -0.39 is 23.7 Å². The summed E-state index contributed by atoms with van der Waals surface area (Å²) in [6.07, 6.45) is 0.401. The quantitative estimate of drug-likeness (QED) is 0.859. The fraction of sp³-hybridized carbons (Fsp3) is 0.364. The van der Waals surface area contributed by atoms with Crippen molar-refractivity contribution in [3.05, 3.63) is 29.8 Å². The average Bonchev–Trinajstić information content (AvgIpc) is 3.03. The van der Waals surface area contributed by atoms with E-state index in [-0.39, 0.29) is 11.7 Å². The van der Waals surface area contributed by atoms with Gasteiger partial charge < -0.3 is 9.84 Å². The number of carbonyl (C=O) groups is 1. The molecule has 1 N–H and O–H groups in total. The lowest BCUT2D eigenvalue weighted by Crippen LogP contribution is -2.29. The Morgan fingerprint density at radius 2 is 2.12 bits per heavy atom. The van der Waals surface area contributed by atoms with Crippen LogP contribution in [0.2, 0.25) is 0 Å². The first kappa shape index (κ1) is 10.9. The normalized spacial score (nSPS) is 16.9. The number of halogens is 2. The first-order chi connectivity index (χ1) is 7.59. The van der Waals surface area contributed by atoms with E-state index in [1.807, 2.05) is 0 Å². The number of rotatable bonds is 4. The van der Waals surface area contributed by atoms with E-state index in [9.17, 15) is 13.6 Å². The molecule has 1 aromatic rings. The Kier molecular flexibility index (Phi) is 2.77. The third kappa shape index (κ3) is 2.13. The van der Waals surface area contributed by atoms with Crippen LogP contribution in [0, 0.1) is 17.6 Å². The van der Waals surface area contributed by atoms with E-state index in [0.717, 1.165) is 18.9 Å². The SMILES string of the molecule is O=C(O)C(Oc1cccc(F)c1F)C1CC1. The van der Waals surface area contributed by atoms with Crippen molar-refractivity contribution in [1.29, 1.82) is 0 Å². The van der Waals surface area contributed by atoms with Crippen LogP contribution in [-0.2, 0) is 4.79 Å². The molecule has 0 radical (unpaired) electrons. The van der Waals surface area contributed by atoms with E-state index in [2.05, 4.69) is 0 Å². The Labute approximate surface area is 90.7 Å². The molecule has 1 saturated carbocycles. The zero-order valence-corrected chi connectivity index (χ0v) is 8.32. The molecular formula is C11H10F2O3. The molecule has 1 atom stereocenters. The maximum atomic E-state index is 13.2. The molecular weight excluding hydrogens is 218 g/mol. The van der Waals surface area contributed by atoms with E-state index >= 15 is 0 Å². The Morgan fingerprint density at radius 1 is 1.44 bits per heavy atom. The highest BCUT2D eigenvalue weighted by Gasteiger charge is 2.38. The minimum absolute atomic E-state index is 0.0971. The monoisotopic (exact) mass is 228 g/mol. The molecule has 1 aliphatic carbocycles. The van der Waals surface area contributed by atoms with Gasteiger partial charge in [0.2, 0.25) is 5.82 Å². The number of ether oxygens (including phenoxy) is 1. The van der Waals surface area contributed by atoms with Crippen molar-refractivity contribution >= 4 is 5.97 Å². The molecule has 2 rings (SSSR count). The molecule has 1 fully saturated rings. The number of hydrogen-bond donors (Lipinski definition) is 1. The van der Waals surface area contributed by atoms with Crippen molar-refractivity contribution in [3.63, 3.8) is 0 Å². The van der Waals surface area contributed by atoms with Gasteiger partial charge in [-0.05, 0) is 25.0 Å². The average molecular weight is 228 g/mol. The molecule has 16 heavy (non-hydrogen) atoms. The fourth-order valence-electron chi connectivity index (χ4n) is 1.46. The van der Waals surface area contributed by atoms with Crippen LogP contribution in [0.3, 0.4) is 0 Å². The summed E-state index contributed by atoms with van der Waals surface area (Å²) in [5.41, 5.74) is 0. The van der Waals surface area contributed by atoms with Crippen molar-refractivity contribution in [2.24, 2.45) is 5.92 Å². The standard InChI is InChI=1S/C11H10F2O3/c12-7-2-1-3-8(9(7)13)16-10(11(14)15)6-4-5-6/h1-3,6,10H,4-5H2,(H,14,15). The molecule has 0 amide bonds. The van der Waals surface area contributed by atoms with Gasteiger partial charge in [-0.1, -0.05) is 6.07 Å². The number of hydrogen-bond acceptors (Lipinski definition) is 2. The lowest BCUT2D eigenvalue weighted by Gasteiger charge is -2.14. The van der Waals surface area contributed by atoms with Gasteiger partial charge in [-0.3, -0.25) is 0 Å². The first-order valence-electron chi connectivity index (χ1n) is 4.93. The van der Waals surface area contributed by atoms with E-state index in [0.29, 0.717) is 0 Å². The largest absolute Gasteiger partial charge is 0.478 e. The van der Waals surface area contributed by atoms with Crippen molar-refractivity contribution in [2.75, 3.05) is 0 Å². The smallest absolute Gasteiger partial charge is 0.345 e. The van der Waals surface area contributed by atoms with Crippen molar-refractivity contribution in [1.82, 2.24) is 0 Å². The Hall–Kier alpha value is -1.65. The van der Waals surface area contributed by atoms with Crippen LogP contribution in [0.25, 0.3) is 0 Å². The van der Waals surface area contributed by atoms with Crippen LogP contribution in [0.4, 0.5) is 8.78 Å². The second-order valence-corrected chi connectivity index (χ2v) is 3.77. The van der Waals surface area contributed by atoms with Gasteiger partial charge in [0.15, 0.2) is 17.7 Å². The lowest BCUT2D eigenvalue weighted by atomic mass is 10.2. The first-order valence-corrected chi connectivity index (χ1v) is 4.93. The van der Waals surface area contributed by atoms with Crippen molar-refractivity contribution in [2.45, 2.75) is 18.9 Å². The maximum absolute atomic E-state index is 13.2. The highest BCUT2D eigenvalue weighted by Crippen LogP contribution is 2.35. The van der Waals surface area contributed by atoms with Crippen LogP contribution < -0.4 is 4.74 Å². The van der Waals surface area contributed by atoms with Gasteiger partial charge in [-0.15, -0.1) is 0 Å². The molecule has 0 bridgehead atoms. The third-order valence-corrected chi connectivity index (χ3v) is 2.46. The predicted octanol–water partition coefficient (Wildman–Crippen LogP) is 2.21. The second kappa shape index (κ2) is 4.08. The van der Waals surface area contributed by atoms with Crippen molar-refractivity contribution < 1.29 is 23.4 Å². The molecule has 0 aromatic heterocycles. The van der Waals surface area contributed by atoms with Gasteiger partial charge in [-0.2, -0.15) is 4.39 Å². The highest BCUT2D eigenvalue weighted by molar-refractivity contribution is 5.73. The van der Waals surface area contributed by atoms with Gasteiger partial charge in [0.05, 0.1) is 0 Å². The lowest BCUT2D eigenvalue weighted by molar-refractivity contribution is -0.146. The van der Waals surface area contributed by atoms with Gasteiger partial charge >= 0.3 is 5.97 Å². The van der Waals surface area contributed by atoms with Crippen LogP contribution >= 0.6 is 0 Å². The van der Waals surface area contributed by atoms with Gasteiger partial charge in [0.25, 0.3) is 0 Å². The Balaban J connectivity index is 2.18. The number of carboxylic acids is 1. The zero-order chi connectivity index (χ0) is 11.7. The van der Waals surface area contributed by atoms with Gasteiger partial charge in [0, 0.05) is 5.92 Å². The molecule has 0 saturated heterocycles. The number of benzene rings is 1. The summed E-state index contributed by atoms with van der Waals surface area (Å²) in [5.74, 6) is -3.78. The topological polar surface area (TPSA) is 46.5 Å². The predicted molar refractivity (Wildman–Crippen MR) is 51.1 cm³/mol. The maximum Gasteiger partial charge on any atom is 0.345 e. The molecule has 0 aliphatic heterocycles. The summed E-state index contributed by atoms with van der Waals surface area (Å²) in [6.45, 7) is 0.